The lowest BCUT2D eigenvalue weighted by Crippen LogP contribution is -2.14. The van der Waals surface area contributed by atoms with Crippen molar-refractivity contribution in [1.82, 2.24) is 0 Å². The molecule has 13 rings (SSSR count). The van der Waals surface area contributed by atoms with Crippen molar-refractivity contribution in [3.05, 3.63) is 336 Å². The van der Waals surface area contributed by atoms with Crippen LogP contribution in [0.15, 0.2) is 291 Å². The number of aryl methyl sites for hydroxylation is 6. The minimum Gasteiger partial charge on any atom is -0.0622 e. The molecule has 12 aromatic rings. The van der Waals surface area contributed by atoms with Crippen LogP contribution in [0.2, 0.25) is 0 Å². The second kappa shape index (κ2) is 26.6. The summed E-state index contributed by atoms with van der Waals surface area (Å²) in [5.74, 6) is 0. The van der Waals surface area contributed by atoms with E-state index < -0.39 is 0 Å². The molecule has 0 saturated heterocycles. The molecule has 12 aromatic carbocycles. The lowest BCUT2D eigenvalue weighted by atomic mass is 9.82. The van der Waals surface area contributed by atoms with Crippen LogP contribution in [-0.2, 0) is 5.41 Å². The van der Waals surface area contributed by atoms with E-state index in [0.29, 0.717) is 0 Å². The normalized spacial score (nSPS) is 11.2. The number of hydrogen-bond donors (Lipinski definition) is 0. The molecule has 0 saturated carbocycles. The van der Waals surface area contributed by atoms with Crippen LogP contribution in [0, 0.1) is 41.5 Å². The lowest BCUT2D eigenvalue weighted by molar-refractivity contribution is 0.660. The molecule has 0 heteroatoms. The summed E-state index contributed by atoms with van der Waals surface area (Å²) in [6.45, 7) is 17.4. The van der Waals surface area contributed by atoms with Gasteiger partial charge < -0.3 is 0 Å². The van der Waals surface area contributed by atoms with Gasteiger partial charge >= 0.3 is 0 Å². The average Bonchev–Trinajstić information content (AvgIpc) is 3.85. The fourth-order valence-electron chi connectivity index (χ4n) is 9.86. The number of rotatable bonds is 3. The van der Waals surface area contributed by atoms with Gasteiger partial charge in [0.1, 0.15) is 0 Å². The molecular formula is C77H72. The van der Waals surface area contributed by atoms with Gasteiger partial charge in [0, 0.05) is 5.41 Å². The van der Waals surface area contributed by atoms with Crippen molar-refractivity contribution >= 4 is 21.5 Å². The first-order valence-electron chi connectivity index (χ1n) is 26.9. The fraction of sp³-hybridized carbons (Fsp3) is 0.117. The monoisotopic (exact) mass is 997 g/mol. The Morgan fingerprint density at radius 3 is 1.30 bits per heavy atom. The van der Waals surface area contributed by atoms with Gasteiger partial charge in [-0.05, 0) is 130 Å². The van der Waals surface area contributed by atoms with Gasteiger partial charge in [0.25, 0.3) is 0 Å². The SMILES string of the molecule is Cc1ccc(-c2ccccc2)cc1.Cc1ccc2c(c1)C(C)(C)c1ccccc1-2.Cc1ccc2ccccc2c1.Cc1cccc(-c2ccccc2)c1.Cc1cccc2ccccc12.Cc1ccccc1-c1ccccc1. The van der Waals surface area contributed by atoms with Gasteiger partial charge in [0.15, 0.2) is 0 Å². The van der Waals surface area contributed by atoms with Gasteiger partial charge in [-0.15, -0.1) is 0 Å². The van der Waals surface area contributed by atoms with E-state index in [1.54, 1.807) is 0 Å². The Hall–Kier alpha value is -8.84. The van der Waals surface area contributed by atoms with Gasteiger partial charge in [-0.2, -0.15) is 0 Å². The first-order valence-corrected chi connectivity index (χ1v) is 26.9. The van der Waals surface area contributed by atoms with E-state index in [-0.39, 0.29) is 5.41 Å². The molecule has 0 fully saturated rings. The van der Waals surface area contributed by atoms with Crippen LogP contribution in [0.4, 0.5) is 0 Å². The highest BCUT2D eigenvalue weighted by Crippen LogP contribution is 2.48. The maximum atomic E-state index is 2.33. The van der Waals surface area contributed by atoms with E-state index in [9.17, 15) is 0 Å². The summed E-state index contributed by atoms with van der Waals surface area (Å²) in [5, 5.41) is 5.33. The Kier molecular flexibility index (Phi) is 18.8. The average molecular weight is 997 g/mol. The van der Waals surface area contributed by atoms with Crippen LogP contribution in [0.25, 0.3) is 66.1 Å². The third-order valence-corrected chi connectivity index (χ3v) is 14.2. The molecule has 0 bridgehead atoms. The predicted octanol–water partition coefficient (Wildman–Crippen LogP) is 21.6. The van der Waals surface area contributed by atoms with E-state index >= 15 is 0 Å². The highest BCUT2D eigenvalue weighted by molar-refractivity contribution is 5.85. The van der Waals surface area contributed by atoms with Crippen molar-refractivity contribution in [2.75, 3.05) is 0 Å². The highest BCUT2D eigenvalue weighted by Gasteiger charge is 2.34. The van der Waals surface area contributed by atoms with Gasteiger partial charge in [0.2, 0.25) is 0 Å². The molecule has 1 aliphatic rings. The Balaban J connectivity index is 0.000000123. The lowest BCUT2D eigenvalue weighted by Gasteiger charge is -2.21. The molecular weight excluding hydrogens is 925 g/mol. The molecule has 380 valence electrons. The number of hydrogen-bond acceptors (Lipinski definition) is 0. The molecule has 0 atom stereocenters. The summed E-state index contributed by atoms with van der Waals surface area (Å²) in [7, 11) is 0. The predicted molar refractivity (Wildman–Crippen MR) is 336 cm³/mol. The van der Waals surface area contributed by atoms with Crippen LogP contribution in [-0.4, -0.2) is 0 Å². The zero-order valence-corrected chi connectivity index (χ0v) is 46.2. The third kappa shape index (κ3) is 14.7. The topological polar surface area (TPSA) is 0 Å². The Morgan fingerprint density at radius 2 is 0.649 bits per heavy atom. The van der Waals surface area contributed by atoms with Crippen LogP contribution in [0.1, 0.15) is 58.4 Å². The largest absolute Gasteiger partial charge is 0.0622 e. The van der Waals surface area contributed by atoms with Crippen molar-refractivity contribution in [2.24, 2.45) is 0 Å². The molecule has 0 spiro atoms. The molecule has 1 aliphatic carbocycles. The van der Waals surface area contributed by atoms with Crippen LogP contribution >= 0.6 is 0 Å². The van der Waals surface area contributed by atoms with Gasteiger partial charge in [-0.1, -0.05) is 327 Å². The maximum Gasteiger partial charge on any atom is 0.0158 e. The number of fused-ring (bicyclic) bond motifs is 5. The third-order valence-electron chi connectivity index (χ3n) is 14.2. The summed E-state index contributed by atoms with van der Waals surface area (Å²) in [6, 6.07) is 102. The van der Waals surface area contributed by atoms with Gasteiger partial charge in [0.05, 0.1) is 0 Å². The molecule has 77 heavy (non-hydrogen) atoms. The molecule has 0 amide bonds. The summed E-state index contributed by atoms with van der Waals surface area (Å²) in [5.41, 5.74) is 21.6. The van der Waals surface area contributed by atoms with E-state index in [1.165, 1.54) is 111 Å². The zero-order chi connectivity index (χ0) is 54.0. The molecule has 0 nitrogen and oxygen atoms in total. The quantitative estimate of drug-likeness (QED) is 0.165. The maximum absolute atomic E-state index is 2.33. The highest BCUT2D eigenvalue weighted by atomic mass is 14.4. The smallest absolute Gasteiger partial charge is 0.0158 e. The van der Waals surface area contributed by atoms with Crippen LogP contribution < -0.4 is 0 Å². The summed E-state index contributed by atoms with van der Waals surface area (Å²) in [4.78, 5) is 0. The van der Waals surface area contributed by atoms with Crippen LogP contribution in [0.3, 0.4) is 0 Å². The first-order chi connectivity index (χ1) is 37.4. The van der Waals surface area contributed by atoms with E-state index in [0.717, 1.165) is 0 Å². The van der Waals surface area contributed by atoms with E-state index in [2.05, 4.69) is 328 Å². The van der Waals surface area contributed by atoms with Crippen molar-refractivity contribution in [2.45, 2.75) is 60.8 Å². The summed E-state index contributed by atoms with van der Waals surface area (Å²) < 4.78 is 0. The van der Waals surface area contributed by atoms with Crippen molar-refractivity contribution < 1.29 is 0 Å². The second-order valence-corrected chi connectivity index (χ2v) is 20.5. The second-order valence-electron chi connectivity index (χ2n) is 20.5. The number of benzene rings is 12. The summed E-state index contributed by atoms with van der Waals surface area (Å²) in [6.07, 6.45) is 0. The minimum absolute atomic E-state index is 0.151. The summed E-state index contributed by atoms with van der Waals surface area (Å²) >= 11 is 0. The Bertz CT molecular complexity index is 3740. The minimum atomic E-state index is 0.151. The van der Waals surface area contributed by atoms with E-state index in [4.69, 9.17) is 0 Å². The zero-order valence-electron chi connectivity index (χ0n) is 46.2. The molecule has 0 N–H and O–H groups in total. The fourth-order valence-corrected chi connectivity index (χ4v) is 9.86. The van der Waals surface area contributed by atoms with Gasteiger partial charge in [-0.3, -0.25) is 0 Å². The standard InChI is InChI=1S/C16H16.3C13H12.2C11H10/c1-11-8-9-13-12-6-4-5-7-14(12)16(2,3)15(13)10-11;1-11-7-5-6-10-13(11)12-8-3-2-4-9-12;1-11-6-5-9-13(10-11)12-7-3-2-4-8-12;1-11-7-9-13(10-8-11)12-5-3-2-4-6-12;1-9-5-4-7-10-6-2-3-8-11(9)10;1-9-6-7-10-4-2-3-5-11(10)8-9/h4-10H,1-3H3;3*2-10H,1H3;2*2-8H,1H3. The Morgan fingerprint density at radius 1 is 0.221 bits per heavy atom. The molecule has 0 aromatic heterocycles. The first kappa shape index (κ1) is 54.4. The van der Waals surface area contributed by atoms with Crippen molar-refractivity contribution in [1.29, 1.82) is 0 Å². The molecule has 0 radical (unpaired) electrons. The molecule has 0 aliphatic heterocycles. The van der Waals surface area contributed by atoms with Crippen molar-refractivity contribution in [3.63, 3.8) is 0 Å². The van der Waals surface area contributed by atoms with Crippen molar-refractivity contribution in [3.8, 4) is 44.5 Å². The van der Waals surface area contributed by atoms with Crippen LogP contribution in [0.5, 0.6) is 0 Å². The molecule has 0 unspecified atom stereocenters. The van der Waals surface area contributed by atoms with E-state index in [1.807, 2.05) is 18.2 Å². The molecule has 0 heterocycles. The Labute approximate surface area is 460 Å². The van der Waals surface area contributed by atoms with Gasteiger partial charge in [-0.25, -0.2) is 0 Å².